The van der Waals surface area contributed by atoms with Crippen LogP contribution in [0.3, 0.4) is 0 Å². The van der Waals surface area contributed by atoms with Crippen molar-refractivity contribution in [2.45, 2.75) is 38.7 Å². The molecule has 0 radical (unpaired) electrons. The molecule has 3 nitrogen and oxygen atoms in total. The molecule has 1 rings (SSSR count). The third-order valence-electron chi connectivity index (χ3n) is 3.70. The summed E-state index contributed by atoms with van der Waals surface area (Å²) in [5.74, 6) is 0.152. The number of benzene rings is 1. The molecular formula is C18H26O3S. The molecule has 122 valence electrons. The van der Waals surface area contributed by atoms with E-state index in [1.54, 1.807) is 31.4 Å². The Morgan fingerprint density at radius 1 is 1.23 bits per heavy atom. The highest BCUT2D eigenvalue weighted by Gasteiger charge is 2.19. The highest BCUT2D eigenvalue weighted by Crippen LogP contribution is 2.20. The Balaban J connectivity index is 2.90. The second kappa shape index (κ2) is 8.30. The second-order valence-corrected chi connectivity index (χ2v) is 7.62. The van der Waals surface area contributed by atoms with E-state index < -0.39 is 9.84 Å². The number of hydrogen-bond acceptors (Lipinski definition) is 3. The Morgan fingerprint density at radius 3 is 2.32 bits per heavy atom. The largest absolute Gasteiger partial charge is 0.377 e. The monoisotopic (exact) mass is 322 g/mol. The van der Waals surface area contributed by atoms with E-state index in [-0.39, 0.29) is 17.8 Å². The molecule has 0 fully saturated rings. The van der Waals surface area contributed by atoms with Crippen LogP contribution in [0.5, 0.6) is 0 Å². The van der Waals surface area contributed by atoms with Gasteiger partial charge in [-0.05, 0) is 38.5 Å². The van der Waals surface area contributed by atoms with Gasteiger partial charge in [0.25, 0.3) is 0 Å². The van der Waals surface area contributed by atoms with Crippen LogP contribution in [0, 0.1) is 5.92 Å². The van der Waals surface area contributed by atoms with Gasteiger partial charge in [0.15, 0.2) is 9.84 Å². The van der Waals surface area contributed by atoms with Gasteiger partial charge in [-0.1, -0.05) is 42.8 Å². The minimum atomic E-state index is -3.29. The molecule has 0 amide bonds. The standard InChI is InChI=1S/C18H26O3S/c1-6-15(3)18(21-5)16(4)12-14(2)13-22(19,20)17-10-8-7-9-11-17/h6-12,16,18H,13H2,1-5H3/b14-12+,15-6+/t16-,18+/m1/s1. The van der Waals surface area contributed by atoms with Crippen LogP contribution in [0.4, 0.5) is 0 Å². The Morgan fingerprint density at radius 2 is 1.82 bits per heavy atom. The fourth-order valence-corrected chi connectivity index (χ4v) is 4.01. The molecule has 0 bridgehead atoms. The number of sulfone groups is 1. The van der Waals surface area contributed by atoms with Crippen LogP contribution in [0.25, 0.3) is 0 Å². The minimum Gasteiger partial charge on any atom is -0.377 e. The summed E-state index contributed by atoms with van der Waals surface area (Å²) < 4.78 is 30.3. The third kappa shape index (κ3) is 5.11. The lowest BCUT2D eigenvalue weighted by Crippen LogP contribution is -2.21. The van der Waals surface area contributed by atoms with E-state index in [1.165, 1.54) is 0 Å². The number of rotatable bonds is 7. The van der Waals surface area contributed by atoms with E-state index in [2.05, 4.69) is 0 Å². The predicted molar refractivity (Wildman–Crippen MR) is 91.6 cm³/mol. The molecule has 22 heavy (non-hydrogen) atoms. The summed E-state index contributed by atoms with van der Waals surface area (Å²) in [7, 11) is -1.61. The van der Waals surface area contributed by atoms with Crippen molar-refractivity contribution in [2.24, 2.45) is 5.92 Å². The topological polar surface area (TPSA) is 43.4 Å². The maximum atomic E-state index is 12.4. The van der Waals surface area contributed by atoms with Gasteiger partial charge in [-0.3, -0.25) is 0 Å². The quantitative estimate of drug-likeness (QED) is 0.712. The van der Waals surface area contributed by atoms with Crippen LogP contribution in [0.1, 0.15) is 27.7 Å². The molecule has 0 saturated carbocycles. The second-order valence-electron chi connectivity index (χ2n) is 5.63. The fraction of sp³-hybridized carbons (Fsp3) is 0.444. The Kier molecular flexibility index (Phi) is 7.04. The summed E-state index contributed by atoms with van der Waals surface area (Å²) >= 11 is 0. The van der Waals surface area contributed by atoms with Crippen molar-refractivity contribution in [3.8, 4) is 0 Å². The van der Waals surface area contributed by atoms with Gasteiger partial charge in [0.2, 0.25) is 0 Å². The average molecular weight is 322 g/mol. The molecule has 0 spiro atoms. The normalized spacial score (nSPS) is 16.4. The number of ether oxygens (including phenoxy) is 1. The van der Waals surface area contributed by atoms with Gasteiger partial charge in [-0.25, -0.2) is 8.42 Å². The number of allylic oxidation sites excluding steroid dienone is 1. The molecule has 0 aliphatic rings. The first-order valence-electron chi connectivity index (χ1n) is 7.42. The molecule has 0 saturated heterocycles. The van der Waals surface area contributed by atoms with E-state index in [4.69, 9.17) is 4.74 Å². The molecular weight excluding hydrogens is 296 g/mol. The first-order chi connectivity index (χ1) is 10.3. The third-order valence-corrected chi connectivity index (χ3v) is 5.53. The van der Waals surface area contributed by atoms with Gasteiger partial charge >= 0.3 is 0 Å². The first kappa shape index (κ1) is 18.7. The molecule has 0 unspecified atom stereocenters. The lowest BCUT2D eigenvalue weighted by Gasteiger charge is -2.21. The van der Waals surface area contributed by atoms with Crippen molar-refractivity contribution in [3.05, 3.63) is 53.6 Å². The van der Waals surface area contributed by atoms with Gasteiger partial charge in [0.1, 0.15) is 0 Å². The number of hydrogen-bond donors (Lipinski definition) is 0. The smallest absolute Gasteiger partial charge is 0.182 e. The minimum absolute atomic E-state index is 0.0284. The molecule has 0 aliphatic heterocycles. The summed E-state index contributed by atoms with van der Waals surface area (Å²) in [5.41, 5.74) is 1.98. The van der Waals surface area contributed by atoms with Gasteiger partial charge < -0.3 is 4.74 Å². The van der Waals surface area contributed by atoms with Crippen molar-refractivity contribution in [2.75, 3.05) is 12.9 Å². The SMILES string of the molecule is C/C=C(\C)[C@H](OC)[C@H](C)/C=C(\C)CS(=O)(=O)c1ccccc1. The molecule has 1 aromatic carbocycles. The molecule has 1 aromatic rings. The molecule has 0 N–H and O–H groups in total. The van der Waals surface area contributed by atoms with Crippen LogP contribution >= 0.6 is 0 Å². The zero-order chi connectivity index (χ0) is 16.8. The highest BCUT2D eigenvalue weighted by atomic mass is 32.2. The Bertz CT molecular complexity index is 628. The molecule has 0 heterocycles. The van der Waals surface area contributed by atoms with Crippen molar-refractivity contribution in [1.82, 2.24) is 0 Å². The van der Waals surface area contributed by atoms with Crippen LogP contribution in [-0.4, -0.2) is 27.4 Å². The van der Waals surface area contributed by atoms with Crippen LogP contribution in [0.15, 0.2) is 58.5 Å². The molecule has 4 heteroatoms. The Labute approximate surface area is 134 Å². The van der Waals surface area contributed by atoms with Crippen molar-refractivity contribution in [3.63, 3.8) is 0 Å². The van der Waals surface area contributed by atoms with E-state index in [0.29, 0.717) is 4.90 Å². The van der Waals surface area contributed by atoms with Crippen molar-refractivity contribution >= 4 is 9.84 Å². The molecule has 0 aromatic heterocycles. The molecule has 2 atom stereocenters. The lowest BCUT2D eigenvalue weighted by atomic mass is 9.96. The average Bonchev–Trinajstić information content (AvgIpc) is 2.47. The van der Waals surface area contributed by atoms with E-state index in [0.717, 1.165) is 11.1 Å². The maximum Gasteiger partial charge on any atom is 0.182 e. The summed E-state index contributed by atoms with van der Waals surface area (Å²) in [4.78, 5) is 0.364. The summed E-state index contributed by atoms with van der Waals surface area (Å²) in [6, 6.07) is 8.56. The lowest BCUT2D eigenvalue weighted by molar-refractivity contribution is 0.103. The van der Waals surface area contributed by atoms with E-state index >= 15 is 0 Å². The summed E-state index contributed by atoms with van der Waals surface area (Å²) in [6.45, 7) is 7.90. The van der Waals surface area contributed by atoms with Crippen LogP contribution < -0.4 is 0 Å². The van der Waals surface area contributed by atoms with Gasteiger partial charge in [0, 0.05) is 13.0 Å². The van der Waals surface area contributed by atoms with Crippen LogP contribution in [-0.2, 0) is 14.6 Å². The van der Waals surface area contributed by atoms with E-state index in [9.17, 15) is 8.42 Å². The number of methoxy groups -OCH3 is 1. The van der Waals surface area contributed by atoms with E-state index in [1.807, 2.05) is 45.9 Å². The first-order valence-corrected chi connectivity index (χ1v) is 9.07. The Hall–Kier alpha value is -1.39. The maximum absolute atomic E-state index is 12.4. The van der Waals surface area contributed by atoms with Gasteiger partial charge in [0.05, 0.1) is 16.8 Å². The van der Waals surface area contributed by atoms with Gasteiger partial charge in [-0.15, -0.1) is 0 Å². The zero-order valence-electron chi connectivity index (χ0n) is 14.0. The van der Waals surface area contributed by atoms with Crippen LogP contribution in [0.2, 0.25) is 0 Å². The molecule has 0 aliphatic carbocycles. The fourth-order valence-electron chi connectivity index (χ4n) is 2.57. The highest BCUT2D eigenvalue weighted by molar-refractivity contribution is 7.91. The van der Waals surface area contributed by atoms with Crippen molar-refractivity contribution < 1.29 is 13.2 Å². The van der Waals surface area contributed by atoms with Gasteiger partial charge in [-0.2, -0.15) is 0 Å². The summed E-state index contributed by atoms with van der Waals surface area (Å²) in [5, 5.41) is 0. The predicted octanol–water partition coefficient (Wildman–Crippen LogP) is 4.02. The summed E-state index contributed by atoms with van der Waals surface area (Å²) in [6.07, 6.45) is 3.98. The zero-order valence-corrected chi connectivity index (χ0v) is 14.9. The van der Waals surface area contributed by atoms with Crippen molar-refractivity contribution in [1.29, 1.82) is 0 Å².